The van der Waals surface area contributed by atoms with Crippen LogP contribution in [0.5, 0.6) is 5.75 Å². The van der Waals surface area contributed by atoms with Crippen molar-refractivity contribution in [1.29, 1.82) is 0 Å². The highest BCUT2D eigenvalue weighted by Gasteiger charge is 2.42. The van der Waals surface area contributed by atoms with Crippen LogP contribution >= 0.6 is 0 Å². The van der Waals surface area contributed by atoms with Crippen LogP contribution in [0.2, 0.25) is 0 Å². The van der Waals surface area contributed by atoms with Crippen LogP contribution in [0, 0.1) is 5.92 Å². The first kappa shape index (κ1) is 18.0. The summed E-state index contributed by atoms with van der Waals surface area (Å²) in [6.07, 6.45) is 4.80. The molecule has 0 amide bonds. The largest absolute Gasteiger partial charge is 0.493 e. The molecule has 3 aliphatic heterocycles. The quantitative estimate of drug-likeness (QED) is 0.715. The minimum absolute atomic E-state index is 0.205. The smallest absolute Gasteiger partial charge is 0.119 e. The number of nitrogens with zero attached hydrogens (tertiary/aromatic N) is 1. The number of fused-ring (bicyclic) bond motifs is 3. The molecular weight excluding hydrogens is 352 g/mol. The molecule has 0 aromatic heterocycles. The first-order valence-corrected chi connectivity index (χ1v) is 10.4. The molecule has 2 bridgehead atoms. The number of nitrogens with one attached hydrogen (secondary N) is 1. The average Bonchev–Trinajstić information content (AvgIpc) is 3.59. The SMILES string of the molecule is ON(Cc1ccc(OCC2CC2)cc1)c1ccc(C23CCC(CO2)NC3)cc1. The summed E-state index contributed by atoms with van der Waals surface area (Å²) in [6.45, 7) is 2.91. The summed E-state index contributed by atoms with van der Waals surface area (Å²) in [7, 11) is 0. The molecule has 2 aromatic rings. The second kappa shape index (κ2) is 7.39. The molecule has 1 saturated carbocycles. The zero-order valence-corrected chi connectivity index (χ0v) is 16.1. The molecule has 3 saturated heterocycles. The number of hydrogen-bond donors (Lipinski definition) is 2. The van der Waals surface area contributed by atoms with Crippen LogP contribution in [-0.2, 0) is 16.9 Å². The Hall–Kier alpha value is -2.08. The summed E-state index contributed by atoms with van der Waals surface area (Å²) < 4.78 is 11.9. The summed E-state index contributed by atoms with van der Waals surface area (Å²) in [6, 6.07) is 16.6. The van der Waals surface area contributed by atoms with E-state index in [1.54, 1.807) is 0 Å². The lowest BCUT2D eigenvalue weighted by Gasteiger charge is -2.47. The summed E-state index contributed by atoms with van der Waals surface area (Å²) in [4.78, 5) is 0. The normalized spacial score (nSPS) is 26.2. The maximum atomic E-state index is 10.5. The minimum Gasteiger partial charge on any atom is -0.493 e. The zero-order valence-electron chi connectivity index (χ0n) is 16.1. The van der Waals surface area contributed by atoms with Crippen LogP contribution in [0.1, 0.15) is 36.8 Å². The molecule has 3 heterocycles. The Morgan fingerprint density at radius 2 is 1.86 bits per heavy atom. The molecule has 28 heavy (non-hydrogen) atoms. The number of morpholine rings is 1. The van der Waals surface area contributed by atoms with Crippen molar-refractivity contribution in [2.45, 2.75) is 43.9 Å². The van der Waals surface area contributed by atoms with E-state index in [0.29, 0.717) is 12.6 Å². The van der Waals surface area contributed by atoms with Gasteiger partial charge >= 0.3 is 0 Å². The van der Waals surface area contributed by atoms with Gasteiger partial charge in [0.2, 0.25) is 0 Å². The topological polar surface area (TPSA) is 54.0 Å². The van der Waals surface area contributed by atoms with Gasteiger partial charge in [0.25, 0.3) is 0 Å². The van der Waals surface area contributed by atoms with Crippen LogP contribution in [0.25, 0.3) is 0 Å². The van der Waals surface area contributed by atoms with Crippen LogP contribution in [-0.4, -0.2) is 31.0 Å². The molecule has 4 aliphatic rings. The monoisotopic (exact) mass is 380 g/mol. The fourth-order valence-corrected chi connectivity index (χ4v) is 4.15. The van der Waals surface area contributed by atoms with Gasteiger partial charge in [-0.05, 0) is 67.0 Å². The van der Waals surface area contributed by atoms with Gasteiger partial charge in [0.1, 0.15) is 11.4 Å². The standard InChI is InChI=1S/C23H28N2O3/c26-25(13-17-3-9-22(10-4-17)27-14-18-1-2-18)21-7-5-19(6-8-21)23-12-11-20(15-28-23)24-16-23/h3-10,18,20,24,26H,1-2,11-16H2. The molecule has 4 fully saturated rings. The predicted octanol–water partition coefficient (Wildman–Crippen LogP) is 3.85. The van der Waals surface area contributed by atoms with E-state index < -0.39 is 0 Å². The Balaban J connectivity index is 1.21. The first-order chi connectivity index (χ1) is 13.7. The van der Waals surface area contributed by atoms with E-state index in [-0.39, 0.29) is 5.60 Å². The van der Waals surface area contributed by atoms with Gasteiger partial charge < -0.3 is 14.8 Å². The second-order valence-electron chi connectivity index (χ2n) is 8.42. The molecule has 2 aromatic carbocycles. The van der Waals surface area contributed by atoms with E-state index >= 15 is 0 Å². The molecular formula is C23H28N2O3. The van der Waals surface area contributed by atoms with Crippen molar-refractivity contribution in [1.82, 2.24) is 5.32 Å². The predicted molar refractivity (Wildman–Crippen MR) is 108 cm³/mol. The number of rotatable bonds is 7. The van der Waals surface area contributed by atoms with Crippen molar-refractivity contribution in [3.63, 3.8) is 0 Å². The molecule has 0 spiro atoms. The number of hydroxylamine groups is 1. The Morgan fingerprint density at radius 3 is 2.46 bits per heavy atom. The number of anilines is 1. The molecule has 148 valence electrons. The van der Waals surface area contributed by atoms with Gasteiger partial charge in [-0.1, -0.05) is 24.3 Å². The second-order valence-corrected chi connectivity index (χ2v) is 8.42. The molecule has 1 aliphatic carbocycles. The maximum Gasteiger partial charge on any atom is 0.119 e. The van der Waals surface area contributed by atoms with Crippen molar-refractivity contribution < 1.29 is 14.7 Å². The lowest BCUT2D eigenvalue weighted by atomic mass is 9.81. The van der Waals surface area contributed by atoms with Gasteiger partial charge in [-0.25, -0.2) is 0 Å². The van der Waals surface area contributed by atoms with E-state index in [4.69, 9.17) is 9.47 Å². The average molecular weight is 380 g/mol. The number of piperidine rings is 1. The molecule has 2 atom stereocenters. The third-order valence-corrected chi connectivity index (χ3v) is 6.26. The lowest BCUT2D eigenvalue weighted by molar-refractivity contribution is -0.129. The molecule has 2 unspecified atom stereocenters. The Morgan fingerprint density at radius 1 is 1.07 bits per heavy atom. The van der Waals surface area contributed by atoms with Crippen LogP contribution in [0.3, 0.4) is 0 Å². The van der Waals surface area contributed by atoms with Gasteiger partial charge in [0.05, 0.1) is 25.4 Å². The Bertz CT molecular complexity index is 780. The van der Waals surface area contributed by atoms with Gasteiger partial charge in [0.15, 0.2) is 0 Å². The van der Waals surface area contributed by atoms with E-state index in [1.165, 1.54) is 23.5 Å². The zero-order chi connectivity index (χ0) is 19.0. The summed E-state index contributed by atoms with van der Waals surface area (Å²) in [5.41, 5.74) is 2.81. The molecule has 6 rings (SSSR count). The first-order valence-electron chi connectivity index (χ1n) is 10.4. The summed E-state index contributed by atoms with van der Waals surface area (Å²) in [5, 5.41) is 15.4. The minimum atomic E-state index is -0.205. The highest BCUT2D eigenvalue weighted by Crippen LogP contribution is 2.39. The molecule has 5 heteroatoms. The van der Waals surface area contributed by atoms with Crippen LogP contribution in [0.15, 0.2) is 48.5 Å². The summed E-state index contributed by atoms with van der Waals surface area (Å²) in [5.74, 6) is 1.65. The Labute approximate surface area is 166 Å². The van der Waals surface area contributed by atoms with Gasteiger partial charge in [-0.2, -0.15) is 0 Å². The van der Waals surface area contributed by atoms with Crippen LogP contribution < -0.4 is 15.1 Å². The third kappa shape index (κ3) is 3.75. The third-order valence-electron chi connectivity index (χ3n) is 6.26. The van der Waals surface area contributed by atoms with E-state index in [2.05, 4.69) is 17.4 Å². The van der Waals surface area contributed by atoms with Crippen molar-refractivity contribution in [2.75, 3.05) is 24.8 Å². The molecule has 2 N–H and O–H groups in total. The summed E-state index contributed by atoms with van der Waals surface area (Å²) >= 11 is 0. The number of benzene rings is 2. The highest BCUT2D eigenvalue weighted by atomic mass is 16.5. The number of hydrogen-bond acceptors (Lipinski definition) is 5. The molecule has 0 radical (unpaired) electrons. The van der Waals surface area contributed by atoms with Crippen molar-refractivity contribution in [2.24, 2.45) is 5.92 Å². The van der Waals surface area contributed by atoms with Gasteiger partial charge in [-0.15, -0.1) is 0 Å². The number of ether oxygens (including phenoxy) is 2. The van der Waals surface area contributed by atoms with E-state index in [9.17, 15) is 5.21 Å². The van der Waals surface area contributed by atoms with Gasteiger partial charge in [0, 0.05) is 12.6 Å². The van der Waals surface area contributed by atoms with Crippen LogP contribution in [0.4, 0.5) is 5.69 Å². The fraction of sp³-hybridized carbons (Fsp3) is 0.478. The van der Waals surface area contributed by atoms with E-state index in [0.717, 1.165) is 55.5 Å². The lowest BCUT2D eigenvalue weighted by Crippen LogP contribution is -2.57. The van der Waals surface area contributed by atoms with E-state index in [1.807, 2.05) is 36.4 Å². The Kier molecular flexibility index (Phi) is 4.75. The van der Waals surface area contributed by atoms with Crippen molar-refractivity contribution in [3.8, 4) is 5.75 Å². The maximum absolute atomic E-state index is 10.5. The molecule has 5 nitrogen and oxygen atoms in total. The van der Waals surface area contributed by atoms with Gasteiger partial charge in [-0.3, -0.25) is 10.3 Å². The highest BCUT2D eigenvalue weighted by molar-refractivity contribution is 5.47. The van der Waals surface area contributed by atoms with Crippen molar-refractivity contribution in [3.05, 3.63) is 59.7 Å². The fourth-order valence-electron chi connectivity index (χ4n) is 4.15. The van der Waals surface area contributed by atoms with Crippen molar-refractivity contribution >= 4 is 5.69 Å².